The first-order valence-electron chi connectivity index (χ1n) is 7.31. The summed E-state index contributed by atoms with van der Waals surface area (Å²) in [6.45, 7) is -0.139. The summed E-state index contributed by atoms with van der Waals surface area (Å²) in [5.41, 5.74) is 0.931. The lowest BCUT2D eigenvalue weighted by atomic mass is 10.1. The van der Waals surface area contributed by atoms with Gasteiger partial charge in [-0.3, -0.25) is 4.79 Å². The van der Waals surface area contributed by atoms with E-state index in [2.05, 4.69) is 31.1 Å². The fraction of sp³-hybridized carbons (Fsp3) is 0.0588. The Hall–Kier alpha value is -3.00. The molecule has 0 amide bonds. The Labute approximate surface area is 148 Å². The Kier molecular flexibility index (Phi) is 3.81. The van der Waals surface area contributed by atoms with Crippen LogP contribution in [0.15, 0.2) is 56.1 Å². The summed E-state index contributed by atoms with van der Waals surface area (Å²) in [4.78, 5) is 28.3. The number of oxazole rings is 1. The summed E-state index contributed by atoms with van der Waals surface area (Å²) in [6, 6.07) is 12.1. The highest BCUT2D eigenvalue weighted by Gasteiger charge is 2.17. The molecule has 0 aliphatic heterocycles. The Balaban J connectivity index is 1.60. The van der Waals surface area contributed by atoms with Gasteiger partial charge in [-0.1, -0.05) is 34.1 Å². The van der Waals surface area contributed by atoms with Crippen LogP contribution in [0.25, 0.3) is 21.9 Å². The van der Waals surface area contributed by atoms with Crippen molar-refractivity contribution >= 4 is 43.8 Å². The van der Waals surface area contributed by atoms with Gasteiger partial charge in [0.1, 0.15) is 5.52 Å². The van der Waals surface area contributed by atoms with Crippen molar-refractivity contribution in [3.05, 3.63) is 68.9 Å². The predicted octanol–water partition coefficient (Wildman–Crippen LogP) is 3.18. The third kappa shape index (κ3) is 2.91. The number of aromatic nitrogens is 3. The molecule has 1 N–H and O–H groups in total. The SMILES string of the molecule is O=C(OCc1nc2ccc(Br)cc2o1)c1n[nH]c(=O)c2ccccc12. The monoisotopic (exact) mass is 399 g/mol. The van der Waals surface area contributed by atoms with Gasteiger partial charge in [0.05, 0.1) is 5.39 Å². The van der Waals surface area contributed by atoms with Crippen molar-refractivity contribution in [2.45, 2.75) is 6.61 Å². The largest absolute Gasteiger partial charge is 0.451 e. The minimum atomic E-state index is -0.670. The van der Waals surface area contributed by atoms with Gasteiger partial charge in [0.2, 0.25) is 5.89 Å². The van der Waals surface area contributed by atoms with Crippen molar-refractivity contribution in [3.8, 4) is 0 Å². The minimum Gasteiger partial charge on any atom is -0.451 e. The first kappa shape index (κ1) is 15.5. The average molecular weight is 400 g/mol. The summed E-state index contributed by atoms with van der Waals surface area (Å²) < 4.78 is 11.6. The molecule has 4 aromatic rings. The summed E-state index contributed by atoms with van der Waals surface area (Å²) in [7, 11) is 0. The molecule has 124 valence electrons. The topological polar surface area (TPSA) is 98.1 Å². The van der Waals surface area contributed by atoms with Gasteiger partial charge < -0.3 is 9.15 Å². The van der Waals surface area contributed by atoms with E-state index in [1.807, 2.05) is 6.07 Å². The van der Waals surface area contributed by atoms with Crippen LogP contribution in [0, 0.1) is 0 Å². The van der Waals surface area contributed by atoms with Crippen LogP contribution in [0.4, 0.5) is 0 Å². The van der Waals surface area contributed by atoms with Crippen molar-refractivity contribution in [1.82, 2.24) is 15.2 Å². The number of fused-ring (bicyclic) bond motifs is 2. The molecule has 0 aliphatic carbocycles. The first-order valence-corrected chi connectivity index (χ1v) is 8.10. The lowest BCUT2D eigenvalue weighted by Crippen LogP contribution is -2.16. The first-order chi connectivity index (χ1) is 12.1. The molecule has 2 aromatic heterocycles. The molecule has 4 rings (SSSR count). The molecule has 0 atom stereocenters. The number of rotatable bonds is 3. The standard InChI is InChI=1S/C17H10BrN3O4/c18-9-5-6-12-13(7-9)25-14(19-12)8-24-17(23)15-10-3-1-2-4-11(10)16(22)21-20-15/h1-7H,8H2,(H,21,22). The average Bonchev–Trinajstić information content (AvgIpc) is 3.02. The van der Waals surface area contributed by atoms with Crippen LogP contribution in [0.2, 0.25) is 0 Å². The molecule has 0 saturated carbocycles. The molecular weight excluding hydrogens is 390 g/mol. The maximum atomic E-state index is 12.3. The normalized spacial score (nSPS) is 11.1. The minimum absolute atomic E-state index is 0.0362. The van der Waals surface area contributed by atoms with Crippen LogP contribution in [0.5, 0.6) is 0 Å². The number of benzene rings is 2. The highest BCUT2D eigenvalue weighted by molar-refractivity contribution is 9.10. The fourth-order valence-corrected chi connectivity index (χ4v) is 2.81. The molecule has 2 aromatic carbocycles. The number of esters is 1. The smallest absolute Gasteiger partial charge is 0.359 e. The van der Waals surface area contributed by atoms with E-state index in [1.54, 1.807) is 36.4 Å². The number of hydrogen-bond acceptors (Lipinski definition) is 6. The van der Waals surface area contributed by atoms with E-state index in [9.17, 15) is 9.59 Å². The lowest BCUT2D eigenvalue weighted by molar-refractivity contribution is 0.0434. The number of nitrogens with one attached hydrogen (secondary N) is 1. The van der Waals surface area contributed by atoms with Gasteiger partial charge in [0, 0.05) is 9.86 Å². The van der Waals surface area contributed by atoms with Crippen molar-refractivity contribution in [3.63, 3.8) is 0 Å². The zero-order chi connectivity index (χ0) is 17.4. The second-order valence-electron chi connectivity index (χ2n) is 5.24. The van der Waals surface area contributed by atoms with Gasteiger partial charge >= 0.3 is 5.97 Å². The molecule has 0 saturated heterocycles. The van der Waals surface area contributed by atoms with E-state index >= 15 is 0 Å². The summed E-state index contributed by atoms with van der Waals surface area (Å²) >= 11 is 3.35. The van der Waals surface area contributed by atoms with Crippen LogP contribution in [0.1, 0.15) is 16.4 Å². The maximum absolute atomic E-state index is 12.3. The van der Waals surface area contributed by atoms with Gasteiger partial charge in [0.25, 0.3) is 5.56 Å². The molecule has 0 fully saturated rings. The third-order valence-electron chi connectivity index (χ3n) is 3.61. The second-order valence-corrected chi connectivity index (χ2v) is 6.16. The third-order valence-corrected chi connectivity index (χ3v) is 4.10. The quantitative estimate of drug-likeness (QED) is 0.531. The number of halogens is 1. The molecule has 25 heavy (non-hydrogen) atoms. The van der Waals surface area contributed by atoms with Crippen LogP contribution in [-0.2, 0) is 11.3 Å². The number of hydrogen-bond donors (Lipinski definition) is 1. The number of carbonyl (C=O) groups excluding carboxylic acids is 1. The Morgan fingerprint density at radius 3 is 2.84 bits per heavy atom. The summed E-state index contributed by atoms with van der Waals surface area (Å²) in [6.07, 6.45) is 0. The molecule has 2 heterocycles. The Morgan fingerprint density at radius 2 is 2.00 bits per heavy atom. The predicted molar refractivity (Wildman–Crippen MR) is 93.2 cm³/mol. The molecule has 7 nitrogen and oxygen atoms in total. The molecule has 8 heteroatoms. The molecule has 0 aliphatic rings. The highest BCUT2D eigenvalue weighted by atomic mass is 79.9. The fourth-order valence-electron chi connectivity index (χ4n) is 2.47. The van der Waals surface area contributed by atoms with E-state index in [4.69, 9.17) is 9.15 Å². The van der Waals surface area contributed by atoms with Crippen molar-refractivity contribution < 1.29 is 13.9 Å². The number of aromatic amines is 1. The van der Waals surface area contributed by atoms with Gasteiger partial charge in [-0.05, 0) is 24.3 Å². The van der Waals surface area contributed by atoms with Crippen molar-refractivity contribution in [1.29, 1.82) is 0 Å². The van der Waals surface area contributed by atoms with E-state index in [1.165, 1.54) is 0 Å². The molecule has 0 bridgehead atoms. The Bertz CT molecular complexity index is 1170. The van der Waals surface area contributed by atoms with Crippen LogP contribution >= 0.6 is 15.9 Å². The van der Waals surface area contributed by atoms with Crippen molar-refractivity contribution in [2.75, 3.05) is 0 Å². The summed E-state index contributed by atoms with van der Waals surface area (Å²) in [5.74, 6) is -0.397. The van der Waals surface area contributed by atoms with Gasteiger partial charge in [0.15, 0.2) is 17.9 Å². The van der Waals surface area contributed by atoms with Crippen molar-refractivity contribution in [2.24, 2.45) is 0 Å². The number of carbonyl (C=O) groups is 1. The van der Waals surface area contributed by atoms with Crippen LogP contribution in [-0.4, -0.2) is 21.2 Å². The number of ether oxygens (including phenoxy) is 1. The zero-order valence-corrected chi connectivity index (χ0v) is 14.2. The van der Waals surface area contributed by atoms with Gasteiger partial charge in [-0.2, -0.15) is 5.10 Å². The van der Waals surface area contributed by atoms with E-state index in [0.29, 0.717) is 21.9 Å². The maximum Gasteiger partial charge on any atom is 0.359 e. The molecular formula is C17H10BrN3O4. The van der Waals surface area contributed by atoms with Crippen LogP contribution in [0.3, 0.4) is 0 Å². The second kappa shape index (κ2) is 6.14. The van der Waals surface area contributed by atoms with Gasteiger partial charge in [-0.15, -0.1) is 0 Å². The molecule has 0 radical (unpaired) electrons. The van der Waals surface area contributed by atoms with E-state index in [0.717, 1.165) is 4.47 Å². The molecule has 0 unspecified atom stereocenters. The number of H-pyrrole nitrogens is 1. The molecule has 0 spiro atoms. The number of nitrogens with zero attached hydrogens (tertiary/aromatic N) is 2. The van der Waals surface area contributed by atoms with Gasteiger partial charge in [-0.25, -0.2) is 14.9 Å². The summed E-state index contributed by atoms with van der Waals surface area (Å²) in [5, 5.41) is 6.90. The van der Waals surface area contributed by atoms with E-state index < -0.39 is 5.97 Å². The van der Waals surface area contributed by atoms with E-state index in [-0.39, 0.29) is 23.8 Å². The lowest BCUT2D eigenvalue weighted by Gasteiger charge is -2.04. The highest BCUT2D eigenvalue weighted by Crippen LogP contribution is 2.21. The van der Waals surface area contributed by atoms with Crippen LogP contribution < -0.4 is 5.56 Å². The Morgan fingerprint density at radius 1 is 1.20 bits per heavy atom. The zero-order valence-electron chi connectivity index (χ0n) is 12.7.